The third-order valence-electron chi connectivity index (χ3n) is 2.56. The zero-order valence-corrected chi connectivity index (χ0v) is 10.8. The first kappa shape index (κ1) is 16.5. The zero-order valence-electron chi connectivity index (χ0n) is 10.8. The number of halogens is 4. The van der Waals surface area contributed by atoms with E-state index in [0.29, 0.717) is 5.56 Å². The van der Waals surface area contributed by atoms with Crippen molar-refractivity contribution in [2.75, 3.05) is 20.2 Å². The second-order valence-corrected chi connectivity index (χ2v) is 3.88. The first-order valence-electron chi connectivity index (χ1n) is 5.82. The van der Waals surface area contributed by atoms with Gasteiger partial charge in [-0.15, -0.1) is 0 Å². The highest BCUT2D eigenvalue weighted by molar-refractivity contribution is 5.44. The standard InChI is InChI=1S/C12H16F4N2O2/c1-19-9-3-2-7(4-10(9)20-12(15)16)8(5-17)18-6-11(13)14/h2-4,8,11-12,18H,5-6,17H2,1H3. The van der Waals surface area contributed by atoms with Crippen LogP contribution in [0.3, 0.4) is 0 Å². The van der Waals surface area contributed by atoms with Gasteiger partial charge in [0.1, 0.15) is 0 Å². The van der Waals surface area contributed by atoms with Gasteiger partial charge in [-0.3, -0.25) is 0 Å². The molecular weight excluding hydrogens is 280 g/mol. The molecule has 0 fully saturated rings. The molecule has 0 aliphatic rings. The van der Waals surface area contributed by atoms with Gasteiger partial charge in [0.2, 0.25) is 0 Å². The molecule has 1 atom stereocenters. The minimum atomic E-state index is -3.01. The van der Waals surface area contributed by atoms with Gasteiger partial charge in [-0.05, 0) is 17.7 Å². The smallest absolute Gasteiger partial charge is 0.387 e. The van der Waals surface area contributed by atoms with Crippen LogP contribution in [0.25, 0.3) is 0 Å². The fourth-order valence-corrected chi connectivity index (χ4v) is 1.67. The first-order chi connectivity index (χ1) is 9.47. The molecule has 0 aliphatic heterocycles. The summed E-state index contributed by atoms with van der Waals surface area (Å²) in [4.78, 5) is 0. The third-order valence-corrected chi connectivity index (χ3v) is 2.56. The molecule has 1 aromatic carbocycles. The molecule has 8 heteroatoms. The number of rotatable bonds is 8. The number of methoxy groups -OCH3 is 1. The Morgan fingerprint density at radius 3 is 2.40 bits per heavy atom. The van der Waals surface area contributed by atoms with Crippen molar-refractivity contribution >= 4 is 0 Å². The van der Waals surface area contributed by atoms with Crippen molar-refractivity contribution in [2.45, 2.75) is 19.1 Å². The van der Waals surface area contributed by atoms with E-state index in [9.17, 15) is 17.6 Å². The van der Waals surface area contributed by atoms with Gasteiger partial charge in [0.25, 0.3) is 6.43 Å². The van der Waals surface area contributed by atoms with E-state index in [2.05, 4.69) is 10.1 Å². The summed E-state index contributed by atoms with van der Waals surface area (Å²) >= 11 is 0. The number of hydrogen-bond donors (Lipinski definition) is 2. The van der Waals surface area contributed by atoms with E-state index in [0.717, 1.165) is 0 Å². The summed E-state index contributed by atoms with van der Waals surface area (Å²) in [5, 5.41) is 2.54. The number of benzene rings is 1. The molecule has 0 spiro atoms. The summed E-state index contributed by atoms with van der Waals surface area (Å²) in [5.74, 6) is -0.0454. The van der Waals surface area contributed by atoms with Gasteiger partial charge in [0.15, 0.2) is 11.5 Å². The summed E-state index contributed by atoms with van der Waals surface area (Å²) in [6.45, 7) is -3.52. The second-order valence-electron chi connectivity index (χ2n) is 3.88. The van der Waals surface area contributed by atoms with Crippen LogP contribution in [0.2, 0.25) is 0 Å². The van der Waals surface area contributed by atoms with Crippen LogP contribution in [0.5, 0.6) is 11.5 Å². The van der Waals surface area contributed by atoms with Crippen LogP contribution in [0.15, 0.2) is 18.2 Å². The number of nitrogens with one attached hydrogen (secondary N) is 1. The van der Waals surface area contributed by atoms with Crippen LogP contribution < -0.4 is 20.5 Å². The van der Waals surface area contributed by atoms with E-state index in [1.165, 1.54) is 19.2 Å². The van der Waals surface area contributed by atoms with Crippen molar-refractivity contribution in [3.8, 4) is 11.5 Å². The Balaban J connectivity index is 2.92. The van der Waals surface area contributed by atoms with Gasteiger partial charge < -0.3 is 20.5 Å². The zero-order chi connectivity index (χ0) is 15.1. The Bertz CT molecular complexity index is 418. The predicted octanol–water partition coefficient (Wildman–Crippen LogP) is 2.15. The normalized spacial score (nSPS) is 12.8. The Labute approximate surface area is 113 Å². The van der Waals surface area contributed by atoms with Gasteiger partial charge in [-0.25, -0.2) is 8.78 Å². The molecular formula is C12H16F4N2O2. The largest absolute Gasteiger partial charge is 0.493 e. The molecule has 114 valence electrons. The SMILES string of the molecule is COc1ccc(C(CN)NCC(F)F)cc1OC(F)F. The maximum atomic E-state index is 12.3. The second kappa shape index (κ2) is 7.91. The lowest BCUT2D eigenvalue weighted by atomic mass is 10.1. The summed E-state index contributed by atoms with van der Waals surface area (Å²) in [7, 11) is 1.31. The minimum Gasteiger partial charge on any atom is -0.493 e. The third kappa shape index (κ3) is 4.86. The highest BCUT2D eigenvalue weighted by Gasteiger charge is 2.16. The molecule has 3 N–H and O–H groups in total. The van der Waals surface area contributed by atoms with Gasteiger partial charge >= 0.3 is 6.61 Å². The predicted molar refractivity (Wildman–Crippen MR) is 65.4 cm³/mol. The summed E-state index contributed by atoms with van der Waals surface area (Å²) < 4.78 is 58.1. The molecule has 0 amide bonds. The lowest BCUT2D eigenvalue weighted by Gasteiger charge is -2.19. The summed E-state index contributed by atoms with van der Waals surface area (Å²) in [5.41, 5.74) is 5.95. The maximum Gasteiger partial charge on any atom is 0.387 e. The van der Waals surface area contributed by atoms with Crippen LogP contribution in [0, 0.1) is 0 Å². The summed E-state index contributed by atoms with van der Waals surface area (Å²) in [6.07, 6.45) is -2.53. The van der Waals surface area contributed by atoms with E-state index >= 15 is 0 Å². The van der Waals surface area contributed by atoms with E-state index in [-0.39, 0.29) is 18.0 Å². The van der Waals surface area contributed by atoms with Crippen LogP contribution in [-0.2, 0) is 0 Å². The Hall–Kier alpha value is -1.54. The molecule has 0 saturated heterocycles. The first-order valence-corrected chi connectivity index (χ1v) is 5.82. The Kier molecular flexibility index (Phi) is 6.53. The van der Waals surface area contributed by atoms with Gasteiger partial charge in [-0.1, -0.05) is 6.07 Å². The minimum absolute atomic E-state index is 0.0349. The maximum absolute atomic E-state index is 12.3. The number of nitrogens with two attached hydrogens (primary N) is 1. The molecule has 1 unspecified atom stereocenters. The van der Waals surface area contributed by atoms with Gasteiger partial charge in [0.05, 0.1) is 13.7 Å². The fourth-order valence-electron chi connectivity index (χ4n) is 1.67. The molecule has 4 nitrogen and oxygen atoms in total. The van der Waals surface area contributed by atoms with Gasteiger partial charge in [-0.2, -0.15) is 8.78 Å². The molecule has 0 heterocycles. The summed E-state index contributed by atoms with van der Waals surface area (Å²) in [6, 6.07) is 3.67. The van der Waals surface area contributed by atoms with Crippen LogP contribution in [-0.4, -0.2) is 33.2 Å². The lowest BCUT2D eigenvalue weighted by molar-refractivity contribution is -0.0512. The topological polar surface area (TPSA) is 56.5 Å². The Morgan fingerprint density at radius 1 is 1.20 bits per heavy atom. The highest BCUT2D eigenvalue weighted by Crippen LogP contribution is 2.31. The van der Waals surface area contributed by atoms with E-state index in [1.54, 1.807) is 6.07 Å². The molecule has 0 radical (unpaired) electrons. The molecule has 0 saturated carbocycles. The number of alkyl halides is 4. The van der Waals surface area contributed by atoms with Crippen molar-refractivity contribution in [3.63, 3.8) is 0 Å². The average Bonchev–Trinajstić information content (AvgIpc) is 2.38. The van der Waals surface area contributed by atoms with Crippen molar-refractivity contribution in [1.82, 2.24) is 5.32 Å². The van der Waals surface area contributed by atoms with Crippen LogP contribution in [0.1, 0.15) is 11.6 Å². The van der Waals surface area contributed by atoms with Crippen LogP contribution >= 0.6 is 0 Å². The lowest BCUT2D eigenvalue weighted by Crippen LogP contribution is -2.31. The van der Waals surface area contributed by atoms with Crippen molar-refractivity contribution in [3.05, 3.63) is 23.8 Å². The van der Waals surface area contributed by atoms with Crippen LogP contribution in [0.4, 0.5) is 17.6 Å². The van der Waals surface area contributed by atoms with Crippen molar-refractivity contribution < 1.29 is 27.0 Å². The van der Waals surface area contributed by atoms with Crippen molar-refractivity contribution in [2.24, 2.45) is 5.73 Å². The molecule has 1 aromatic rings. The Morgan fingerprint density at radius 2 is 1.90 bits per heavy atom. The molecule has 20 heavy (non-hydrogen) atoms. The molecule has 0 aromatic heterocycles. The quantitative estimate of drug-likeness (QED) is 0.722. The monoisotopic (exact) mass is 296 g/mol. The van der Waals surface area contributed by atoms with E-state index < -0.39 is 25.6 Å². The van der Waals surface area contributed by atoms with Crippen molar-refractivity contribution in [1.29, 1.82) is 0 Å². The molecule has 0 bridgehead atoms. The molecule has 0 aliphatic carbocycles. The average molecular weight is 296 g/mol. The van der Waals surface area contributed by atoms with E-state index in [1.807, 2.05) is 0 Å². The van der Waals surface area contributed by atoms with Gasteiger partial charge in [0, 0.05) is 12.6 Å². The van der Waals surface area contributed by atoms with E-state index in [4.69, 9.17) is 10.5 Å². The number of ether oxygens (including phenoxy) is 2. The fraction of sp³-hybridized carbons (Fsp3) is 0.500. The molecule has 1 rings (SSSR count). The number of hydrogen-bond acceptors (Lipinski definition) is 4. The highest BCUT2D eigenvalue weighted by atomic mass is 19.3.